The van der Waals surface area contributed by atoms with Gasteiger partial charge in [-0.05, 0) is 18.6 Å². The number of carbonyl (C=O) groups is 1. The zero-order valence-corrected chi connectivity index (χ0v) is 10.6. The number of nitro groups is 1. The number of hydrogen-bond acceptors (Lipinski definition) is 4. The van der Waals surface area contributed by atoms with Gasteiger partial charge in [0, 0.05) is 6.54 Å². The molecular formula is C11H13FN2O3S. The van der Waals surface area contributed by atoms with Crippen LogP contribution in [0.4, 0.5) is 10.1 Å². The first-order valence-corrected chi connectivity index (χ1v) is 6.37. The van der Waals surface area contributed by atoms with Gasteiger partial charge >= 0.3 is 5.69 Å². The molecule has 5 nitrogen and oxygen atoms in total. The summed E-state index contributed by atoms with van der Waals surface area (Å²) in [5, 5.41) is 13.4. The second kappa shape index (κ2) is 6.95. The van der Waals surface area contributed by atoms with Crippen LogP contribution in [0, 0.1) is 15.9 Å². The first kappa shape index (κ1) is 14.4. The monoisotopic (exact) mass is 272 g/mol. The van der Waals surface area contributed by atoms with Crippen molar-refractivity contribution in [2.75, 3.05) is 12.3 Å². The predicted octanol–water partition coefficient (Wildman–Crippen LogP) is 2.35. The molecule has 0 saturated carbocycles. The van der Waals surface area contributed by atoms with E-state index in [9.17, 15) is 19.3 Å². The van der Waals surface area contributed by atoms with Gasteiger partial charge in [-0.1, -0.05) is 13.0 Å². The standard InChI is InChI=1S/C11H13FN2O3S/c1-2-6-13-10(15)7-18-9-5-3-4-8(12)11(9)14(16)17/h3-5H,2,6-7H2,1H3,(H,13,15). The zero-order chi connectivity index (χ0) is 13.5. The predicted molar refractivity (Wildman–Crippen MR) is 67.1 cm³/mol. The third-order valence-electron chi connectivity index (χ3n) is 2.06. The number of thioether (sulfide) groups is 1. The van der Waals surface area contributed by atoms with E-state index in [1.807, 2.05) is 6.92 Å². The fraction of sp³-hybridized carbons (Fsp3) is 0.364. The van der Waals surface area contributed by atoms with E-state index in [1.165, 1.54) is 12.1 Å². The summed E-state index contributed by atoms with van der Waals surface area (Å²) < 4.78 is 13.3. The smallest absolute Gasteiger partial charge is 0.318 e. The number of benzene rings is 1. The Morgan fingerprint density at radius 1 is 1.56 bits per heavy atom. The Kier molecular flexibility index (Phi) is 5.57. The molecule has 0 fully saturated rings. The Bertz CT molecular complexity index is 454. The minimum Gasteiger partial charge on any atom is -0.355 e. The SMILES string of the molecule is CCCNC(=O)CSc1cccc(F)c1[N+](=O)[O-]. The molecule has 0 aromatic heterocycles. The largest absolute Gasteiger partial charge is 0.355 e. The van der Waals surface area contributed by atoms with Crippen molar-refractivity contribution in [3.8, 4) is 0 Å². The second-order valence-corrected chi connectivity index (χ2v) is 4.50. The van der Waals surface area contributed by atoms with Crippen molar-refractivity contribution in [1.82, 2.24) is 5.32 Å². The van der Waals surface area contributed by atoms with Crippen LogP contribution in [0.15, 0.2) is 23.1 Å². The quantitative estimate of drug-likeness (QED) is 0.490. The maximum absolute atomic E-state index is 13.3. The molecule has 1 amide bonds. The average Bonchev–Trinajstić information content (AvgIpc) is 2.33. The maximum Gasteiger partial charge on any atom is 0.318 e. The Morgan fingerprint density at radius 2 is 2.28 bits per heavy atom. The van der Waals surface area contributed by atoms with Crippen LogP contribution in [-0.4, -0.2) is 23.1 Å². The molecule has 0 saturated heterocycles. The molecular weight excluding hydrogens is 259 g/mol. The van der Waals surface area contributed by atoms with Crippen LogP contribution in [0.2, 0.25) is 0 Å². The van der Waals surface area contributed by atoms with Crippen molar-refractivity contribution in [3.63, 3.8) is 0 Å². The minimum atomic E-state index is -0.890. The van der Waals surface area contributed by atoms with Crippen LogP contribution in [0.3, 0.4) is 0 Å². The van der Waals surface area contributed by atoms with Crippen molar-refractivity contribution in [1.29, 1.82) is 0 Å². The summed E-state index contributed by atoms with van der Waals surface area (Å²) in [6, 6.07) is 3.84. The molecule has 1 rings (SSSR count). The highest BCUT2D eigenvalue weighted by molar-refractivity contribution is 8.00. The summed E-state index contributed by atoms with van der Waals surface area (Å²) in [7, 11) is 0. The first-order chi connectivity index (χ1) is 8.56. The van der Waals surface area contributed by atoms with Crippen molar-refractivity contribution >= 4 is 23.4 Å². The number of nitrogens with one attached hydrogen (secondary N) is 1. The molecule has 0 unspecified atom stereocenters. The number of carbonyl (C=O) groups excluding carboxylic acids is 1. The second-order valence-electron chi connectivity index (χ2n) is 3.48. The van der Waals surface area contributed by atoms with E-state index < -0.39 is 16.4 Å². The van der Waals surface area contributed by atoms with Crippen LogP contribution in [-0.2, 0) is 4.79 Å². The molecule has 0 atom stereocenters. The van der Waals surface area contributed by atoms with E-state index in [0.29, 0.717) is 6.54 Å². The summed E-state index contributed by atoms with van der Waals surface area (Å²) in [5.41, 5.74) is -0.578. The first-order valence-electron chi connectivity index (χ1n) is 5.38. The van der Waals surface area contributed by atoms with Crippen molar-refractivity contribution in [2.45, 2.75) is 18.2 Å². The highest BCUT2D eigenvalue weighted by Crippen LogP contribution is 2.31. The van der Waals surface area contributed by atoms with Crippen molar-refractivity contribution < 1.29 is 14.1 Å². The molecule has 0 aliphatic carbocycles. The van der Waals surface area contributed by atoms with Crippen molar-refractivity contribution in [3.05, 3.63) is 34.1 Å². The van der Waals surface area contributed by atoms with Gasteiger partial charge in [-0.15, -0.1) is 11.8 Å². The van der Waals surface area contributed by atoms with Gasteiger partial charge in [0.1, 0.15) is 0 Å². The Labute approximate surface area is 108 Å². The van der Waals surface area contributed by atoms with Crippen molar-refractivity contribution in [2.24, 2.45) is 0 Å². The van der Waals surface area contributed by atoms with Crippen LogP contribution < -0.4 is 5.32 Å². The third-order valence-corrected chi connectivity index (χ3v) is 3.11. The lowest BCUT2D eigenvalue weighted by molar-refractivity contribution is -0.390. The number of hydrogen-bond donors (Lipinski definition) is 1. The van der Waals surface area contributed by atoms with Crippen LogP contribution in [0.5, 0.6) is 0 Å². The number of rotatable bonds is 6. The van der Waals surface area contributed by atoms with Gasteiger partial charge in [0.15, 0.2) is 0 Å². The number of nitrogens with zero attached hydrogens (tertiary/aromatic N) is 1. The lowest BCUT2D eigenvalue weighted by Crippen LogP contribution is -2.25. The number of para-hydroxylation sites is 1. The van der Waals surface area contributed by atoms with Gasteiger partial charge in [0.25, 0.3) is 0 Å². The molecule has 7 heteroatoms. The molecule has 98 valence electrons. The number of nitro benzene ring substituents is 1. The summed E-state index contributed by atoms with van der Waals surface area (Å²) in [6.07, 6.45) is 0.816. The van der Waals surface area contributed by atoms with E-state index in [1.54, 1.807) is 0 Å². The summed E-state index contributed by atoms with van der Waals surface area (Å²) in [4.78, 5) is 21.4. The normalized spacial score (nSPS) is 10.1. The molecule has 0 radical (unpaired) electrons. The van der Waals surface area contributed by atoms with Gasteiger partial charge in [-0.25, -0.2) is 0 Å². The topological polar surface area (TPSA) is 72.2 Å². The Morgan fingerprint density at radius 3 is 2.89 bits per heavy atom. The molecule has 18 heavy (non-hydrogen) atoms. The minimum absolute atomic E-state index is 0.0320. The molecule has 1 aromatic carbocycles. The molecule has 1 aromatic rings. The molecule has 1 N–H and O–H groups in total. The van der Waals surface area contributed by atoms with E-state index in [4.69, 9.17) is 0 Å². The van der Waals surface area contributed by atoms with E-state index in [-0.39, 0.29) is 16.6 Å². The van der Waals surface area contributed by atoms with Gasteiger partial charge < -0.3 is 5.32 Å². The lowest BCUT2D eigenvalue weighted by atomic mass is 10.3. The highest BCUT2D eigenvalue weighted by Gasteiger charge is 2.20. The Hall–Kier alpha value is -1.63. The van der Waals surface area contributed by atoms with E-state index in [0.717, 1.165) is 24.2 Å². The molecule has 0 aliphatic heterocycles. The van der Waals surface area contributed by atoms with E-state index >= 15 is 0 Å². The molecule has 0 bridgehead atoms. The highest BCUT2D eigenvalue weighted by atomic mass is 32.2. The lowest BCUT2D eigenvalue weighted by Gasteiger charge is -2.04. The fourth-order valence-corrected chi connectivity index (χ4v) is 2.12. The number of halogens is 1. The molecule has 0 heterocycles. The molecule has 0 spiro atoms. The van der Waals surface area contributed by atoms with Crippen LogP contribution in [0.1, 0.15) is 13.3 Å². The number of amides is 1. The third kappa shape index (κ3) is 3.99. The zero-order valence-electron chi connectivity index (χ0n) is 9.81. The van der Waals surface area contributed by atoms with Crippen LogP contribution in [0.25, 0.3) is 0 Å². The van der Waals surface area contributed by atoms with E-state index in [2.05, 4.69) is 5.32 Å². The summed E-state index contributed by atoms with van der Waals surface area (Å²) in [6.45, 7) is 2.48. The average molecular weight is 272 g/mol. The summed E-state index contributed by atoms with van der Waals surface area (Å²) >= 11 is 0.954. The fourth-order valence-electron chi connectivity index (χ4n) is 1.25. The maximum atomic E-state index is 13.3. The molecule has 0 aliphatic rings. The van der Waals surface area contributed by atoms with Gasteiger partial charge in [-0.2, -0.15) is 4.39 Å². The van der Waals surface area contributed by atoms with Gasteiger partial charge in [-0.3, -0.25) is 14.9 Å². The van der Waals surface area contributed by atoms with Gasteiger partial charge in [0.05, 0.1) is 15.6 Å². The Balaban J connectivity index is 2.70. The summed E-state index contributed by atoms with van der Waals surface area (Å²) in [5.74, 6) is -1.08. The van der Waals surface area contributed by atoms with Gasteiger partial charge in [0.2, 0.25) is 11.7 Å². The van der Waals surface area contributed by atoms with Crippen LogP contribution >= 0.6 is 11.8 Å².